The third kappa shape index (κ3) is 3.17. The fourth-order valence-corrected chi connectivity index (χ4v) is 2.50. The van der Waals surface area contributed by atoms with Crippen molar-refractivity contribution < 1.29 is 0 Å². The molecule has 1 fully saturated rings. The summed E-state index contributed by atoms with van der Waals surface area (Å²) in [6.45, 7) is 3.07. The van der Waals surface area contributed by atoms with E-state index in [9.17, 15) is 0 Å². The van der Waals surface area contributed by atoms with Gasteiger partial charge < -0.3 is 5.32 Å². The molecule has 0 saturated heterocycles. The number of hydrogen-bond donors (Lipinski definition) is 1. The van der Waals surface area contributed by atoms with Gasteiger partial charge in [-0.05, 0) is 48.6 Å². The first-order chi connectivity index (χ1) is 9.22. The normalized spacial score (nSPS) is 14.6. The first-order valence-corrected chi connectivity index (χ1v) is 7.19. The zero-order chi connectivity index (χ0) is 13.2. The molecule has 0 radical (unpaired) electrons. The zero-order valence-electron chi connectivity index (χ0n) is 11.1. The van der Waals surface area contributed by atoms with Crippen molar-refractivity contribution in [3.8, 4) is 11.1 Å². The molecule has 0 heterocycles. The van der Waals surface area contributed by atoms with Gasteiger partial charge in [0.1, 0.15) is 0 Å². The second-order valence-corrected chi connectivity index (χ2v) is 5.76. The minimum atomic E-state index is 0.730. The van der Waals surface area contributed by atoms with Crippen molar-refractivity contribution in [1.29, 1.82) is 0 Å². The van der Waals surface area contributed by atoms with Gasteiger partial charge in [-0.1, -0.05) is 47.5 Å². The van der Waals surface area contributed by atoms with Gasteiger partial charge in [-0.25, -0.2) is 0 Å². The summed E-state index contributed by atoms with van der Waals surface area (Å²) in [7, 11) is 0. The molecule has 19 heavy (non-hydrogen) atoms. The van der Waals surface area contributed by atoms with E-state index in [1.165, 1.54) is 35.1 Å². The predicted molar refractivity (Wildman–Crippen MR) is 81.5 cm³/mol. The fourth-order valence-electron chi connectivity index (χ4n) is 2.31. The highest BCUT2D eigenvalue weighted by molar-refractivity contribution is 6.30. The maximum atomic E-state index is 6.11. The van der Waals surface area contributed by atoms with Crippen molar-refractivity contribution in [3.05, 3.63) is 58.6 Å². The lowest BCUT2D eigenvalue weighted by Crippen LogP contribution is -2.15. The number of nitrogens with one attached hydrogen (secondary N) is 1. The molecule has 98 valence electrons. The second kappa shape index (κ2) is 5.36. The summed E-state index contributed by atoms with van der Waals surface area (Å²) < 4.78 is 0. The molecule has 0 atom stereocenters. The molecule has 2 heteroatoms. The van der Waals surface area contributed by atoms with Crippen LogP contribution in [0.3, 0.4) is 0 Å². The standard InChI is InChI=1S/C17H18ClN/c1-12-5-6-14(11-19-16-7-8-16)17(9-12)13-3-2-4-15(18)10-13/h2-6,9-10,16,19H,7-8,11H2,1H3. The summed E-state index contributed by atoms with van der Waals surface area (Å²) in [5, 5.41) is 4.38. The summed E-state index contributed by atoms with van der Waals surface area (Å²) in [5.41, 5.74) is 5.12. The molecule has 0 spiro atoms. The van der Waals surface area contributed by atoms with E-state index < -0.39 is 0 Å². The van der Waals surface area contributed by atoms with Crippen LogP contribution >= 0.6 is 11.6 Å². The molecule has 1 aliphatic carbocycles. The third-order valence-corrected chi connectivity index (χ3v) is 3.79. The van der Waals surface area contributed by atoms with Crippen molar-refractivity contribution in [2.24, 2.45) is 0 Å². The molecular weight excluding hydrogens is 254 g/mol. The highest BCUT2D eigenvalue weighted by atomic mass is 35.5. The molecule has 3 rings (SSSR count). The zero-order valence-corrected chi connectivity index (χ0v) is 11.9. The molecule has 2 aromatic rings. The van der Waals surface area contributed by atoms with Crippen LogP contribution in [0.5, 0.6) is 0 Å². The van der Waals surface area contributed by atoms with Crippen LogP contribution in [0.4, 0.5) is 0 Å². The third-order valence-electron chi connectivity index (χ3n) is 3.56. The van der Waals surface area contributed by atoms with Gasteiger partial charge >= 0.3 is 0 Å². The highest BCUT2D eigenvalue weighted by Crippen LogP contribution is 2.28. The van der Waals surface area contributed by atoms with E-state index in [4.69, 9.17) is 11.6 Å². The lowest BCUT2D eigenvalue weighted by atomic mass is 9.97. The maximum Gasteiger partial charge on any atom is 0.0412 e. The van der Waals surface area contributed by atoms with E-state index in [-0.39, 0.29) is 0 Å². The van der Waals surface area contributed by atoms with Crippen LogP contribution in [0, 0.1) is 6.92 Å². The summed E-state index contributed by atoms with van der Waals surface area (Å²) in [5.74, 6) is 0. The van der Waals surface area contributed by atoms with Gasteiger partial charge in [0.05, 0.1) is 0 Å². The lowest BCUT2D eigenvalue weighted by Gasteiger charge is -2.12. The van der Waals surface area contributed by atoms with Crippen molar-refractivity contribution >= 4 is 11.6 Å². The number of benzene rings is 2. The molecule has 0 amide bonds. The maximum absolute atomic E-state index is 6.11. The average Bonchev–Trinajstić information content (AvgIpc) is 3.21. The van der Waals surface area contributed by atoms with Gasteiger partial charge in [-0.15, -0.1) is 0 Å². The van der Waals surface area contributed by atoms with Crippen molar-refractivity contribution in [3.63, 3.8) is 0 Å². The number of hydrogen-bond acceptors (Lipinski definition) is 1. The first-order valence-electron chi connectivity index (χ1n) is 6.81. The molecule has 0 unspecified atom stereocenters. The average molecular weight is 272 g/mol. The smallest absolute Gasteiger partial charge is 0.0412 e. The van der Waals surface area contributed by atoms with E-state index in [1.807, 2.05) is 18.2 Å². The summed E-state index contributed by atoms with van der Waals surface area (Å²) in [6, 6.07) is 15.5. The van der Waals surface area contributed by atoms with Gasteiger partial charge in [-0.3, -0.25) is 0 Å². The molecule has 0 aromatic heterocycles. The quantitative estimate of drug-likeness (QED) is 0.859. The van der Waals surface area contributed by atoms with Crippen LogP contribution in [0.1, 0.15) is 24.0 Å². The number of aryl methyl sites for hydroxylation is 1. The SMILES string of the molecule is Cc1ccc(CNC2CC2)c(-c2cccc(Cl)c2)c1. The molecule has 0 aliphatic heterocycles. The Morgan fingerprint density at radius 1 is 1.16 bits per heavy atom. The van der Waals surface area contributed by atoms with Crippen molar-refractivity contribution in [1.82, 2.24) is 5.32 Å². The Morgan fingerprint density at radius 3 is 2.74 bits per heavy atom. The lowest BCUT2D eigenvalue weighted by molar-refractivity contribution is 0.688. The summed E-state index contributed by atoms with van der Waals surface area (Å²) >= 11 is 6.11. The van der Waals surface area contributed by atoms with E-state index in [1.54, 1.807) is 0 Å². The largest absolute Gasteiger partial charge is 0.310 e. The molecule has 1 aliphatic rings. The Labute approximate surface area is 119 Å². The fraction of sp³-hybridized carbons (Fsp3) is 0.294. The van der Waals surface area contributed by atoms with Gasteiger partial charge in [0.25, 0.3) is 0 Å². The molecule has 1 saturated carbocycles. The highest BCUT2D eigenvalue weighted by Gasteiger charge is 2.20. The Hall–Kier alpha value is -1.31. The monoisotopic (exact) mass is 271 g/mol. The predicted octanol–water partition coefficient (Wildman–Crippen LogP) is 4.57. The first kappa shape index (κ1) is 12.7. The van der Waals surface area contributed by atoms with Crippen LogP contribution in [0.25, 0.3) is 11.1 Å². The molecule has 1 nitrogen and oxygen atoms in total. The number of rotatable bonds is 4. The Kier molecular flexibility index (Phi) is 3.58. The van der Waals surface area contributed by atoms with Gasteiger partial charge in [0.2, 0.25) is 0 Å². The summed E-state index contributed by atoms with van der Waals surface area (Å²) in [6.07, 6.45) is 2.64. The van der Waals surface area contributed by atoms with Gasteiger partial charge in [0, 0.05) is 17.6 Å². The van der Waals surface area contributed by atoms with Crippen LogP contribution < -0.4 is 5.32 Å². The Morgan fingerprint density at radius 2 is 2.00 bits per heavy atom. The van der Waals surface area contributed by atoms with E-state index in [2.05, 4.69) is 36.5 Å². The summed E-state index contributed by atoms with van der Waals surface area (Å²) in [4.78, 5) is 0. The Balaban J connectivity index is 1.94. The minimum Gasteiger partial charge on any atom is -0.310 e. The van der Waals surface area contributed by atoms with Crippen LogP contribution in [-0.4, -0.2) is 6.04 Å². The molecule has 0 bridgehead atoms. The van der Waals surface area contributed by atoms with Crippen molar-refractivity contribution in [2.75, 3.05) is 0 Å². The molecule has 1 N–H and O–H groups in total. The molecule has 2 aromatic carbocycles. The van der Waals surface area contributed by atoms with Crippen molar-refractivity contribution in [2.45, 2.75) is 32.4 Å². The number of halogens is 1. The topological polar surface area (TPSA) is 12.0 Å². The van der Waals surface area contributed by atoms with Gasteiger partial charge in [-0.2, -0.15) is 0 Å². The van der Waals surface area contributed by atoms with E-state index in [0.29, 0.717) is 0 Å². The van der Waals surface area contributed by atoms with E-state index in [0.717, 1.165) is 17.6 Å². The van der Waals surface area contributed by atoms with Gasteiger partial charge in [0.15, 0.2) is 0 Å². The van der Waals surface area contributed by atoms with E-state index >= 15 is 0 Å². The Bertz CT molecular complexity index is 588. The minimum absolute atomic E-state index is 0.730. The second-order valence-electron chi connectivity index (χ2n) is 5.33. The molecular formula is C17H18ClN. The van der Waals surface area contributed by atoms with Crippen LogP contribution in [-0.2, 0) is 6.54 Å². The van der Waals surface area contributed by atoms with Crippen LogP contribution in [0.2, 0.25) is 5.02 Å². The van der Waals surface area contributed by atoms with Crippen LogP contribution in [0.15, 0.2) is 42.5 Å².